The molecule has 1 saturated carbocycles. The fourth-order valence-electron chi connectivity index (χ4n) is 5.16. The smallest absolute Gasteiger partial charge is 0.243 e. The molecule has 1 aliphatic carbocycles. The van der Waals surface area contributed by atoms with Crippen LogP contribution in [0.2, 0.25) is 0 Å². The van der Waals surface area contributed by atoms with Crippen molar-refractivity contribution in [2.45, 2.75) is 43.0 Å². The predicted molar refractivity (Wildman–Crippen MR) is 115 cm³/mol. The molecule has 3 aliphatic rings. The van der Waals surface area contributed by atoms with Crippen LogP contribution in [0.5, 0.6) is 0 Å². The van der Waals surface area contributed by atoms with E-state index < -0.39 is 10.0 Å². The van der Waals surface area contributed by atoms with Crippen molar-refractivity contribution >= 4 is 15.9 Å². The van der Waals surface area contributed by atoms with Crippen LogP contribution in [0, 0.1) is 24.6 Å². The van der Waals surface area contributed by atoms with Crippen LogP contribution in [0.4, 0.5) is 4.39 Å². The number of likely N-dealkylation sites (tertiary alicyclic amines) is 1. The second-order valence-corrected chi connectivity index (χ2v) is 11.1. The summed E-state index contributed by atoms with van der Waals surface area (Å²) in [5.74, 6) is 0.0410. The summed E-state index contributed by atoms with van der Waals surface area (Å²) in [6, 6.07) is 13.4. The van der Waals surface area contributed by atoms with Gasteiger partial charge in [-0.1, -0.05) is 29.8 Å². The number of halogens is 1. The maximum absolute atomic E-state index is 13.5. The molecule has 2 heterocycles. The first-order valence-corrected chi connectivity index (χ1v) is 12.4. The van der Waals surface area contributed by atoms with Crippen molar-refractivity contribution in [1.29, 1.82) is 0 Å². The molecule has 2 aromatic rings. The Kier molecular flexibility index (Phi) is 5.13. The summed E-state index contributed by atoms with van der Waals surface area (Å²) in [5, 5.41) is 0. The van der Waals surface area contributed by atoms with Crippen LogP contribution in [-0.2, 0) is 14.8 Å². The topological polar surface area (TPSA) is 57.7 Å². The Bertz CT molecular complexity index is 1080. The summed E-state index contributed by atoms with van der Waals surface area (Å²) in [5.41, 5.74) is 1.98. The standard InChI is InChI=1S/C24H27FN2O3S/c1-16-2-10-20(11-3-16)31(29,30)26-13-12-23-22(14-26)21(17-6-8-19(25)9-7-17)15-27(23)24(28)18-4-5-18/h2-3,6-11,18,21-23H,4-5,12-15H2,1H3/t21-,22-,23-/m1/s1. The van der Waals surface area contributed by atoms with Crippen LogP contribution in [-0.4, -0.2) is 49.2 Å². The number of benzene rings is 2. The minimum atomic E-state index is -3.60. The highest BCUT2D eigenvalue weighted by Gasteiger charge is 2.50. The van der Waals surface area contributed by atoms with Gasteiger partial charge in [0.15, 0.2) is 0 Å². The molecule has 0 N–H and O–H groups in total. The number of sulfonamides is 1. The van der Waals surface area contributed by atoms with E-state index in [0.29, 0.717) is 31.0 Å². The zero-order valence-corrected chi connectivity index (χ0v) is 18.4. The number of fused-ring (bicyclic) bond motifs is 1. The van der Waals surface area contributed by atoms with E-state index in [0.717, 1.165) is 24.0 Å². The van der Waals surface area contributed by atoms with Crippen LogP contribution >= 0.6 is 0 Å². The van der Waals surface area contributed by atoms with Crippen molar-refractivity contribution < 1.29 is 17.6 Å². The molecule has 1 amide bonds. The highest BCUT2D eigenvalue weighted by atomic mass is 32.2. The van der Waals surface area contributed by atoms with Crippen LogP contribution in [0.1, 0.15) is 36.3 Å². The molecule has 5 nitrogen and oxygen atoms in total. The summed E-state index contributed by atoms with van der Waals surface area (Å²) in [4.78, 5) is 15.3. The molecule has 2 aromatic carbocycles. The molecule has 0 spiro atoms. The lowest BCUT2D eigenvalue weighted by atomic mass is 9.82. The fraction of sp³-hybridized carbons (Fsp3) is 0.458. The highest BCUT2D eigenvalue weighted by molar-refractivity contribution is 7.89. The summed E-state index contributed by atoms with van der Waals surface area (Å²) < 4.78 is 41.7. The summed E-state index contributed by atoms with van der Waals surface area (Å²) in [6.07, 6.45) is 2.52. The van der Waals surface area contributed by atoms with Gasteiger partial charge in [-0.05, 0) is 56.0 Å². The second kappa shape index (κ2) is 7.71. The summed E-state index contributed by atoms with van der Waals surface area (Å²) in [6.45, 7) is 3.28. The number of piperidine rings is 1. The van der Waals surface area contributed by atoms with Crippen molar-refractivity contribution in [2.24, 2.45) is 11.8 Å². The van der Waals surface area contributed by atoms with Gasteiger partial charge in [0, 0.05) is 43.4 Å². The van der Waals surface area contributed by atoms with E-state index in [1.54, 1.807) is 28.6 Å². The first-order valence-electron chi connectivity index (χ1n) is 11.0. The number of hydrogen-bond acceptors (Lipinski definition) is 3. The molecular formula is C24H27FN2O3S. The van der Waals surface area contributed by atoms with E-state index in [2.05, 4.69) is 0 Å². The van der Waals surface area contributed by atoms with Crippen molar-refractivity contribution in [2.75, 3.05) is 19.6 Å². The fourth-order valence-corrected chi connectivity index (χ4v) is 6.65. The predicted octanol–water partition coefficient (Wildman–Crippen LogP) is 3.55. The zero-order valence-electron chi connectivity index (χ0n) is 17.6. The quantitative estimate of drug-likeness (QED) is 0.728. The second-order valence-electron chi connectivity index (χ2n) is 9.12. The maximum atomic E-state index is 13.5. The van der Waals surface area contributed by atoms with Crippen molar-refractivity contribution in [1.82, 2.24) is 9.21 Å². The molecule has 3 fully saturated rings. The number of carbonyl (C=O) groups excluding carboxylic acids is 1. The normalized spacial score (nSPS) is 26.6. The molecule has 0 aromatic heterocycles. The largest absolute Gasteiger partial charge is 0.338 e. The van der Waals surface area contributed by atoms with Crippen LogP contribution in [0.15, 0.2) is 53.4 Å². The minimum Gasteiger partial charge on any atom is -0.338 e. The number of amides is 1. The molecule has 2 aliphatic heterocycles. The average molecular weight is 443 g/mol. The molecule has 0 unspecified atom stereocenters. The monoisotopic (exact) mass is 442 g/mol. The number of carbonyl (C=O) groups is 1. The number of rotatable bonds is 4. The van der Waals surface area contributed by atoms with Gasteiger partial charge in [-0.2, -0.15) is 4.31 Å². The van der Waals surface area contributed by atoms with Gasteiger partial charge in [-0.3, -0.25) is 4.79 Å². The van der Waals surface area contributed by atoms with Gasteiger partial charge >= 0.3 is 0 Å². The van der Waals surface area contributed by atoms with E-state index in [1.807, 2.05) is 24.0 Å². The van der Waals surface area contributed by atoms with E-state index >= 15 is 0 Å². The van der Waals surface area contributed by atoms with Gasteiger partial charge in [-0.15, -0.1) is 0 Å². The number of nitrogens with zero attached hydrogens (tertiary/aromatic N) is 2. The third kappa shape index (κ3) is 3.78. The molecular weight excluding hydrogens is 415 g/mol. The minimum absolute atomic E-state index is 0.00198. The van der Waals surface area contributed by atoms with Gasteiger partial charge in [0.1, 0.15) is 5.82 Å². The Morgan fingerprint density at radius 3 is 2.29 bits per heavy atom. The Balaban J connectivity index is 1.45. The molecule has 31 heavy (non-hydrogen) atoms. The van der Waals surface area contributed by atoms with E-state index in [1.165, 1.54) is 12.1 Å². The van der Waals surface area contributed by atoms with Crippen molar-refractivity contribution in [3.05, 3.63) is 65.5 Å². The lowest BCUT2D eigenvalue weighted by molar-refractivity contribution is -0.134. The Morgan fingerprint density at radius 2 is 1.65 bits per heavy atom. The lowest BCUT2D eigenvalue weighted by Gasteiger charge is -2.38. The number of aryl methyl sites for hydroxylation is 1. The summed E-state index contributed by atoms with van der Waals surface area (Å²) >= 11 is 0. The van der Waals surface area contributed by atoms with E-state index in [4.69, 9.17) is 0 Å². The molecule has 0 radical (unpaired) electrons. The third-order valence-corrected chi connectivity index (χ3v) is 8.94. The molecule has 164 valence electrons. The van der Waals surface area contributed by atoms with Crippen molar-refractivity contribution in [3.63, 3.8) is 0 Å². The van der Waals surface area contributed by atoms with Crippen LogP contribution in [0.3, 0.4) is 0 Å². The summed E-state index contributed by atoms with van der Waals surface area (Å²) in [7, 11) is -3.60. The molecule has 0 bridgehead atoms. The Morgan fingerprint density at radius 1 is 0.968 bits per heavy atom. The van der Waals surface area contributed by atoms with Gasteiger partial charge in [0.2, 0.25) is 15.9 Å². The average Bonchev–Trinajstić information content (AvgIpc) is 3.55. The molecule has 5 rings (SSSR count). The van der Waals surface area contributed by atoms with E-state index in [9.17, 15) is 17.6 Å². The third-order valence-electron chi connectivity index (χ3n) is 7.06. The maximum Gasteiger partial charge on any atom is 0.243 e. The van der Waals surface area contributed by atoms with Gasteiger partial charge in [-0.25, -0.2) is 12.8 Å². The van der Waals surface area contributed by atoms with Crippen LogP contribution in [0.25, 0.3) is 0 Å². The Labute approximate surface area is 182 Å². The molecule has 2 saturated heterocycles. The van der Waals surface area contributed by atoms with Gasteiger partial charge < -0.3 is 4.90 Å². The highest BCUT2D eigenvalue weighted by Crippen LogP contribution is 2.45. The van der Waals surface area contributed by atoms with E-state index in [-0.39, 0.29) is 35.5 Å². The number of hydrogen-bond donors (Lipinski definition) is 0. The Hall–Kier alpha value is -2.25. The molecule has 7 heteroatoms. The lowest BCUT2D eigenvalue weighted by Crippen LogP contribution is -2.49. The first-order chi connectivity index (χ1) is 14.8. The SMILES string of the molecule is Cc1ccc(S(=O)(=O)N2CC[C@@H]3[C@H](C2)[C@@H](c2ccc(F)cc2)CN3C(=O)C2CC2)cc1. The van der Waals surface area contributed by atoms with Crippen LogP contribution < -0.4 is 0 Å². The first kappa shape index (κ1) is 20.6. The molecule has 3 atom stereocenters. The van der Waals surface area contributed by atoms with Gasteiger partial charge in [0.25, 0.3) is 0 Å². The van der Waals surface area contributed by atoms with Crippen molar-refractivity contribution in [3.8, 4) is 0 Å². The zero-order chi connectivity index (χ0) is 21.8. The van der Waals surface area contributed by atoms with Gasteiger partial charge in [0.05, 0.1) is 4.90 Å².